The minimum Gasteiger partial charge on any atom is -0.338 e. The molecule has 1 amide bonds. The van der Waals surface area contributed by atoms with E-state index in [4.69, 9.17) is 11.6 Å². The Balaban J connectivity index is 1.76. The molecule has 0 saturated carbocycles. The first-order valence-corrected chi connectivity index (χ1v) is 7.29. The van der Waals surface area contributed by atoms with E-state index < -0.39 is 0 Å². The second-order valence-electron chi connectivity index (χ2n) is 5.29. The third-order valence-electron chi connectivity index (χ3n) is 4.24. The van der Waals surface area contributed by atoms with E-state index >= 15 is 0 Å². The van der Waals surface area contributed by atoms with Crippen LogP contribution in [-0.4, -0.2) is 29.3 Å². The summed E-state index contributed by atoms with van der Waals surface area (Å²) in [6, 6.07) is 8.52. The lowest BCUT2D eigenvalue weighted by Crippen LogP contribution is -2.48. The number of piperidine rings is 1. The Hall–Kier alpha value is -1.02. The molecule has 1 saturated heterocycles. The maximum Gasteiger partial charge on any atom is 0.230 e. The Labute approximate surface area is 113 Å². The number of likely N-dealkylation sites (tertiary alicyclic amines) is 1. The van der Waals surface area contributed by atoms with Crippen LogP contribution in [0.1, 0.15) is 36.3 Å². The molecule has 0 N–H and O–H groups in total. The first-order valence-electron chi connectivity index (χ1n) is 6.75. The minimum absolute atomic E-state index is 0.0880. The molecule has 96 valence electrons. The van der Waals surface area contributed by atoms with E-state index in [0.717, 1.165) is 25.8 Å². The van der Waals surface area contributed by atoms with E-state index in [-0.39, 0.29) is 12.0 Å². The average Bonchev–Trinajstić information content (AvgIpc) is 2.40. The Morgan fingerprint density at radius 1 is 1.33 bits per heavy atom. The SMILES string of the molecule is O=C(C1Cc2ccccc21)N1CCCCC1CCl. The molecule has 2 atom stereocenters. The van der Waals surface area contributed by atoms with Gasteiger partial charge < -0.3 is 4.90 Å². The molecular formula is C15H18ClNO. The molecule has 18 heavy (non-hydrogen) atoms. The number of alkyl halides is 1. The van der Waals surface area contributed by atoms with Gasteiger partial charge in [-0.05, 0) is 36.8 Å². The fraction of sp³-hybridized carbons (Fsp3) is 0.533. The molecule has 1 heterocycles. The van der Waals surface area contributed by atoms with Crippen molar-refractivity contribution in [3.8, 4) is 0 Å². The van der Waals surface area contributed by atoms with Gasteiger partial charge in [-0.3, -0.25) is 4.79 Å². The zero-order chi connectivity index (χ0) is 12.5. The van der Waals surface area contributed by atoms with Crippen LogP contribution in [0.25, 0.3) is 0 Å². The number of hydrogen-bond donors (Lipinski definition) is 0. The van der Waals surface area contributed by atoms with Gasteiger partial charge in [-0.1, -0.05) is 24.3 Å². The smallest absolute Gasteiger partial charge is 0.230 e. The Bertz CT molecular complexity index is 460. The standard InChI is InChI=1S/C15H18ClNO/c16-10-12-6-3-4-8-17(12)15(18)14-9-11-5-1-2-7-13(11)14/h1-2,5,7,12,14H,3-4,6,8-10H2. The second-order valence-corrected chi connectivity index (χ2v) is 5.60. The third kappa shape index (κ3) is 1.93. The van der Waals surface area contributed by atoms with Gasteiger partial charge in [0.2, 0.25) is 5.91 Å². The summed E-state index contributed by atoms with van der Waals surface area (Å²) >= 11 is 5.99. The predicted octanol–water partition coefficient (Wildman–Crippen LogP) is 2.95. The summed E-state index contributed by atoms with van der Waals surface area (Å²) in [6.07, 6.45) is 4.28. The van der Waals surface area contributed by atoms with Crippen LogP contribution in [0.15, 0.2) is 24.3 Å². The summed E-state index contributed by atoms with van der Waals surface area (Å²) in [6.45, 7) is 0.884. The van der Waals surface area contributed by atoms with Gasteiger partial charge in [-0.15, -0.1) is 11.6 Å². The molecule has 0 radical (unpaired) electrons. The van der Waals surface area contributed by atoms with Crippen LogP contribution in [0.3, 0.4) is 0 Å². The highest BCUT2D eigenvalue weighted by atomic mass is 35.5. The van der Waals surface area contributed by atoms with Crippen LogP contribution in [0.2, 0.25) is 0 Å². The normalized spacial score (nSPS) is 26.4. The van der Waals surface area contributed by atoms with E-state index in [1.807, 2.05) is 17.0 Å². The third-order valence-corrected chi connectivity index (χ3v) is 4.60. The molecule has 1 aromatic carbocycles. The average molecular weight is 264 g/mol. The second kappa shape index (κ2) is 4.93. The van der Waals surface area contributed by atoms with Crippen molar-refractivity contribution in [2.45, 2.75) is 37.6 Å². The number of nitrogens with zero attached hydrogens (tertiary/aromatic N) is 1. The van der Waals surface area contributed by atoms with Crippen molar-refractivity contribution in [2.75, 3.05) is 12.4 Å². The molecule has 1 aliphatic carbocycles. The van der Waals surface area contributed by atoms with Crippen LogP contribution in [0.5, 0.6) is 0 Å². The molecule has 0 bridgehead atoms. The summed E-state index contributed by atoms with van der Waals surface area (Å²) in [5.74, 6) is 0.948. The van der Waals surface area contributed by atoms with Crippen LogP contribution < -0.4 is 0 Å². The van der Waals surface area contributed by atoms with Crippen LogP contribution >= 0.6 is 11.6 Å². The lowest BCUT2D eigenvalue weighted by molar-refractivity contribution is -0.136. The Morgan fingerprint density at radius 3 is 2.94 bits per heavy atom. The van der Waals surface area contributed by atoms with Gasteiger partial charge in [0.05, 0.1) is 5.92 Å². The van der Waals surface area contributed by atoms with E-state index in [0.29, 0.717) is 11.8 Å². The van der Waals surface area contributed by atoms with Crippen molar-refractivity contribution in [1.82, 2.24) is 4.90 Å². The number of halogens is 1. The van der Waals surface area contributed by atoms with Crippen molar-refractivity contribution in [1.29, 1.82) is 0 Å². The zero-order valence-electron chi connectivity index (χ0n) is 10.4. The predicted molar refractivity (Wildman–Crippen MR) is 73.0 cm³/mol. The van der Waals surface area contributed by atoms with Gasteiger partial charge in [0.25, 0.3) is 0 Å². The molecule has 3 rings (SSSR count). The topological polar surface area (TPSA) is 20.3 Å². The number of fused-ring (bicyclic) bond motifs is 1. The largest absolute Gasteiger partial charge is 0.338 e. The number of carbonyl (C=O) groups excluding carboxylic acids is 1. The number of hydrogen-bond acceptors (Lipinski definition) is 1. The summed E-state index contributed by atoms with van der Waals surface area (Å²) in [7, 11) is 0. The van der Waals surface area contributed by atoms with E-state index in [9.17, 15) is 4.79 Å². The molecule has 1 fully saturated rings. The maximum atomic E-state index is 12.6. The highest BCUT2D eigenvalue weighted by Crippen LogP contribution is 2.37. The first-order chi connectivity index (χ1) is 8.81. The number of benzene rings is 1. The monoisotopic (exact) mass is 263 g/mol. The highest BCUT2D eigenvalue weighted by Gasteiger charge is 2.37. The lowest BCUT2D eigenvalue weighted by atomic mass is 9.76. The van der Waals surface area contributed by atoms with Crippen molar-refractivity contribution in [3.63, 3.8) is 0 Å². The highest BCUT2D eigenvalue weighted by molar-refractivity contribution is 6.18. The van der Waals surface area contributed by atoms with Crippen molar-refractivity contribution in [2.24, 2.45) is 0 Å². The lowest BCUT2D eigenvalue weighted by Gasteiger charge is -2.40. The molecule has 3 heteroatoms. The summed E-state index contributed by atoms with van der Waals surface area (Å²) in [4.78, 5) is 14.6. The zero-order valence-corrected chi connectivity index (χ0v) is 11.2. The van der Waals surface area contributed by atoms with Crippen LogP contribution in [-0.2, 0) is 11.2 Å². The molecule has 1 aromatic rings. The van der Waals surface area contributed by atoms with Crippen molar-refractivity contribution in [3.05, 3.63) is 35.4 Å². The van der Waals surface area contributed by atoms with Gasteiger partial charge >= 0.3 is 0 Å². The van der Waals surface area contributed by atoms with Gasteiger partial charge in [0, 0.05) is 18.5 Å². The quantitative estimate of drug-likeness (QED) is 0.752. The fourth-order valence-corrected chi connectivity index (χ4v) is 3.45. The molecule has 0 aromatic heterocycles. The van der Waals surface area contributed by atoms with E-state index in [2.05, 4.69) is 12.1 Å². The van der Waals surface area contributed by atoms with Crippen LogP contribution in [0.4, 0.5) is 0 Å². The maximum absolute atomic E-state index is 12.6. The van der Waals surface area contributed by atoms with Gasteiger partial charge in [0.1, 0.15) is 0 Å². The van der Waals surface area contributed by atoms with Crippen molar-refractivity contribution >= 4 is 17.5 Å². The van der Waals surface area contributed by atoms with Crippen LogP contribution in [0, 0.1) is 0 Å². The van der Waals surface area contributed by atoms with E-state index in [1.165, 1.54) is 17.5 Å². The van der Waals surface area contributed by atoms with Gasteiger partial charge in [-0.25, -0.2) is 0 Å². The summed E-state index contributed by atoms with van der Waals surface area (Å²) in [5.41, 5.74) is 2.55. The van der Waals surface area contributed by atoms with Crippen molar-refractivity contribution < 1.29 is 4.79 Å². The Morgan fingerprint density at radius 2 is 2.17 bits per heavy atom. The van der Waals surface area contributed by atoms with Gasteiger partial charge in [-0.2, -0.15) is 0 Å². The first kappa shape index (κ1) is 12.0. The molecule has 2 nitrogen and oxygen atoms in total. The molecule has 2 aliphatic rings. The molecule has 2 unspecified atom stereocenters. The van der Waals surface area contributed by atoms with Gasteiger partial charge in [0.15, 0.2) is 0 Å². The number of rotatable bonds is 2. The fourth-order valence-electron chi connectivity index (χ4n) is 3.13. The summed E-state index contributed by atoms with van der Waals surface area (Å²) in [5, 5.41) is 0. The molecular weight excluding hydrogens is 246 g/mol. The van der Waals surface area contributed by atoms with E-state index in [1.54, 1.807) is 0 Å². The Kier molecular flexibility index (Phi) is 3.29. The molecule has 0 spiro atoms. The number of carbonyl (C=O) groups is 1. The number of amides is 1. The molecule has 1 aliphatic heterocycles. The minimum atomic E-state index is 0.0880. The summed E-state index contributed by atoms with van der Waals surface area (Å²) < 4.78 is 0.